The highest BCUT2D eigenvalue weighted by Crippen LogP contribution is 2.43. The Hall–Kier alpha value is -1.53. The van der Waals surface area contributed by atoms with E-state index in [0.29, 0.717) is 29.9 Å². The molecule has 1 aliphatic carbocycles. The maximum Gasteiger partial charge on any atom is 0.252 e. The SMILES string of the molecule is O=C(N[C@@]12CC[C@@H](O)[C@H](SC1)/C2=N\O)c1ccccc1. The number of oxime groups is 1. The lowest BCUT2D eigenvalue weighted by Crippen LogP contribution is -2.59. The Morgan fingerprint density at radius 3 is 2.85 bits per heavy atom. The van der Waals surface area contributed by atoms with E-state index >= 15 is 0 Å². The number of aliphatic hydroxyl groups is 1. The van der Waals surface area contributed by atoms with Crippen molar-refractivity contribution in [1.82, 2.24) is 5.32 Å². The average molecular weight is 292 g/mol. The van der Waals surface area contributed by atoms with Crippen LogP contribution in [-0.4, -0.2) is 44.6 Å². The van der Waals surface area contributed by atoms with Gasteiger partial charge in [0.1, 0.15) is 0 Å². The zero-order valence-corrected chi connectivity index (χ0v) is 11.6. The summed E-state index contributed by atoms with van der Waals surface area (Å²) in [6.07, 6.45) is 0.691. The van der Waals surface area contributed by atoms with Crippen LogP contribution in [0.2, 0.25) is 0 Å². The summed E-state index contributed by atoms with van der Waals surface area (Å²) in [5, 5.41) is 25.3. The number of carbonyl (C=O) groups is 1. The maximum absolute atomic E-state index is 12.3. The molecule has 3 rings (SSSR count). The summed E-state index contributed by atoms with van der Waals surface area (Å²) in [7, 11) is 0. The van der Waals surface area contributed by atoms with Crippen LogP contribution in [0.3, 0.4) is 0 Å². The lowest BCUT2D eigenvalue weighted by molar-refractivity contribution is 0.0904. The molecule has 1 aromatic rings. The molecule has 0 aromatic heterocycles. The molecule has 0 spiro atoms. The van der Waals surface area contributed by atoms with Gasteiger partial charge in [0.15, 0.2) is 0 Å². The van der Waals surface area contributed by atoms with E-state index < -0.39 is 11.6 Å². The molecule has 0 radical (unpaired) electrons. The van der Waals surface area contributed by atoms with Gasteiger partial charge in [-0.3, -0.25) is 4.79 Å². The summed E-state index contributed by atoms with van der Waals surface area (Å²) < 4.78 is 0. The van der Waals surface area contributed by atoms with Crippen LogP contribution in [0.5, 0.6) is 0 Å². The number of hydrogen-bond acceptors (Lipinski definition) is 5. The van der Waals surface area contributed by atoms with Gasteiger partial charge >= 0.3 is 0 Å². The van der Waals surface area contributed by atoms with Gasteiger partial charge in [0.05, 0.1) is 22.6 Å². The van der Waals surface area contributed by atoms with Gasteiger partial charge in [-0.25, -0.2) is 0 Å². The molecule has 1 heterocycles. The molecule has 6 heteroatoms. The number of nitrogens with zero attached hydrogens (tertiary/aromatic N) is 1. The van der Waals surface area contributed by atoms with E-state index in [1.165, 1.54) is 11.8 Å². The van der Waals surface area contributed by atoms with Gasteiger partial charge in [-0.1, -0.05) is 23.4 Å². The predicted octanol–water partition coefficient (Wildman–Crippen LogP) is 1.26. The number of aliphatic hydroxyl groups excluding tert-OH is 1. The lowest BCUT2D eigenvalue weighted by atomic mass is 9.80. The zero-order valence-electron chi connectivity index (χ0n) is 10.8. The van der Waals surface area contributed by atoms with Gasteiger partial charge in [-0.2, -0.15) is 0 Å². The molecule has 3 N–H and O–H groups in total. The molecule has 1 amide bonds. The van der Waals surface area contributed by atoms with Crippen LogP contribution in [0.25, 0.3) is 0 Å². The Balaban J connectivity index is 1.85. The van der Waals surface area contributed by atoms with Crippen molar-refractivity contribution in [1.29, 1.82) is 0 Å². The minimum atomic E-state index is -0.629. The van der Waals surface area contributed by atoms with Gasteiger partial charge in [-0.15, -0.1) is 11.8 Å². The Morgan fingerprint density at radius 1 is 1.40 bits per heavy atom. The van der Waals surface area contributed by atoms with E-state index in [4.69, 9.17) is 0 Å². The normalized spacial score (nSPS) is 34.1. The van der Waals surface area contributed by atoms with Crippen LogP contribution in [0.1, 0.15) is 23.2 Å². The molecule has 2 bridgehead atoms. The van der Waals surface area contributed by atoms with E-state index in [9.17, 15) is 15.1 Å². The third-order valence-electron chi connectivity index (χ3n) is 3.98. The smallest absolute Gasteiger partial charge is 0.252 e. The molecule has 1 saturated heterocycles. The summed E-state index contributed by atoms with van der Waals surface area (Å²) in [5.41, 5.74) is 0.445. The topological polar surface area (TPSA) is 81.9 Å². The highest BCUT2D eigenvalue weighted by molar-refractivity contribution is 8.01. The van der Waals surface area contributed by atoms with Crippen LogP contribution in [0.15, 0.2) is 35.5 Å². The Labute approximate surface area is 121 Å². The van der Waals surface area contributed by atoms with Crippen LogP contribution in [-0.2, 0) is 0 Å². The number of fused-ring (bicyclic) bond motifs is 2. The molecule has 1 saturated carbocycles. The first kappa shape index (κ1) is 13.5. The first-order chi connectivity index (χ1) is 9.66. The van der Waals surface area contributed by atoms with E-state index in [1.54, 1.807) is 12.1 Å². The fourth-order valence-corrected chi connectivity index (χ4v) is 4.51. The summed E-state index contributed by atoms with van der Waals surface area (Å²) in [4.78, 5) is 12.3. The largest absolute Gasteiger partial charge is 0.411 e. The van der Waals surface area contributed by atoms with Crippen LogP contribution >= 0.6 is 11.8 Å². The molecular formula is C14H16N2O3S. The number of carbonyl (C=O) groups excluding carboxylic acids is 1. The first-order valence-electron chi connectivity index (χ1n) is 6.56. The quantitative estimate of drug-likeness (QED) is 0.566. The second-order valence-corrected chi connectivity index (χ2v) is 6.36. The number of hydrogen-bond donors (Lipinski definition) is 3. The summed E-state index contributed by atoms with van der Waals surface area (Å²) in [6, 6.07) is 8.97. The third kappa shape index (κ3) is 2.09. The molecule has 3 atom stereocenters. The van der Waals surface area contributed by atoms with Crippen molar-refractivity contribution in [3.8, 4) is 0 Å². The minimum absolute atomic E-state index is 0.176. The summed E-state index contributed by atoms with van der Waals surface area (Å²) >= 11 is 1.53. The summed E-state index contributed by atoms with van der Waals surface area (Å²) in [6.45, 7) is 0. The van der Waals surface area contributed by atoms with Gasteiger partial charge < -0.3 is 15.6 Å². The second kappa shape index (κ2) is 5.10. The van der Waals surface area contributed by atoms with Crippen molar-refractivity contribution in [2.75, 3.05) is 5.75 Å². The van der Waals surface area contributed by atoms with E-state index in [-0.39, 0.29) is 11.2 Å². The monoisotopic (exact) mass is 292 g/mol. The highest BCUT2D eigenvalue weighted by Gasteiger charge is 2.53. The van der Waals surface area contributed by atoms with E-state index in [0.717, 1.165) is 0 Å². The average Bonchev–Trinajstić information content (AvgIpc) is 2.76. The number of nitrogens with one attached hydrogen (secondary N) is 1. The number of rotatable bonds is 2. The predicted molar refractivity (Wildman–Crippen MR) is 77.3 cm³/mol. The van der Waals surface area contributed by atoms with Crippen molar-refractivity contribution in [2.24, 2.45) is 5.16 Å². The van der Waals surface area contributed by atoms with E-state index in [2.05, 4.69) is 10.5 Å². The van der Waals surface area contributed by atoms with Crippen molar-refractivity contribution in [3.63, 3.8) is 0 Å². The molecule has 20 heavy (non-hydrogen) atoms. The van der Waals surface area contributed by atoms with Gasteiger partial charge in [0.25, 0.3) is 5.91 Å². The fraction of sp³-hybridized carbons (Fsp3) is 0.429. The van der Waals surface area contributed by atoms with Gasteiger partial charge in [0.2, 0.25) is 0 Å². The number of thioether (sulfide) groups is 1. The minimum Gasteiger partial charge on any atom is -0.411 e. The van der Waals surface area contributed by atoms with Crippen molar-refractivity contribution >= 4 is 23.4 Å². The second-order valence-electron chi connectivity index (χ2n) is 5.23. The van der Waals surface area contributed by atoms with Crippen molar-refractivity contribution in [3.05, 3.63) is 35.9 Å². The maximum atomic E-state index is 12.3. The van der Waals surface area contributed by atoms with Crippen LogP contribution in [0, 0.1) is 0 Å². The Bertz CT molecular complexity index is 549. The molecule has 1 aromatic carbocycles. The van der Waals surface area contributed by atoms with E-state index in [1.807, 2.05) is 18.2 Å². The van der Waals surface area contributed by atoms with Crippen LogP contribution < -0.4 is 5.32 Å². The zero-order chi connectivity index (χ0) is 14.2. The number of benzene rings is 1. The van der Waals surface area contributed by atoms with Gasteiger partial charge in [0, 0.05) is 11.3 Å². The van der Waals surface area contributed by atoms with Crippen molar-refractivity contribution < 1.29 is 15.1 Å². The Kier molecular flexibility index (Phi) is 3.43. The Morgan fingerprint density at radius 2 is 2.15 bits per heavy atom. The molecular weight excluding hydrogens is 276 g/mol. The molecule has 2 fully saturated rings. The van der Waals surface area contributed by atoms with Crippen LogP contribution in [0.4, 0.5) is 0 Å². The molecule has 5 nitrogen and oxygen atoms in total. The molecule has 1 aliphatic heterocycles. The van der Waals surface area contributed by atoms with Crippen molar-refractivity contribution in [2.45, 2.75) is 29.7 Å². The molecule has 2 aliphatic rings. The highest BCUT2D eigenvalue weighted by atomic mass is 32.2. The molecule has 106 valence electrons. The van der Waals surface area contributed by atoms with Gasteiger partial charge in [-0.05, 0) is 25.0 Å². The molecule has 0 unspecified atom stereocenters. The first-order valence-corrected chi connectivity index (χ1v) is 7.61. The third-order valence-corrected chi connectivity index (χ3v) is 5.54. The lowest BCUT2D eigenvalue weighted by Gasteiger charge is -2.35. The standard InChI is InChI=1S/C14H16N2O3S/c17-10-6-7-14(8-20-11(10)12(14)16-19)15-13(18)9-4-2-1-3-5-9/h1-5,10-11,17,19H,6-8H2,(H,15,18)/b16-12+/t10-,11+,14+/m1/s1. The number of amides is 1. The summed E-state index contributed by atoms with van der Waals surface area (Å²) in [5.74, 6) is 0.455. The fourth-order valence-electron chi connectivity index (χ4n) is 2.89.